The van der Waals surface area contributed by atoms with Crippen molar-refractivity contribution in [1.82, 2.24) is 4.90 Å². The Labute approximate surface area is 50.4 Å². The highest BCUT2D eigenvalue weighted by Crippen LogP contribution is 2.12. The van der Waals surface area contributed by atoms with Crippen LogP contribution in [-0.4, -0.2) is 30.8 Å². The lowest BCUT2D eigenvalue weighted by Crippen LogP contribution is -2.26. The van der Waals surface area contributed by atoms with Crippen molar-refractivity contribution in [1.29, 1.82) is 0 Å². The fourth-order valence-electron chi connectivity index (χ4n) is 0.850. The molecule has 1 aliphatic heterocycles. The summed E-state index contributed by atoms with van der Waals surface area (Å²) < 4.78 is 5.30. The zero-order chi connectivity index (χ0) is 6.15. The largest absolute Gasteiger partial charge is 0.362 e. The Morgan fingerprint density at radius 2 is 2.12 bits per heavy atom. The van der Waals surface area contributed by atoms with Crippen LogP contribution in [0.25, 0.3) is 0 Å². The van der Waals surface area contributed by atoms with Crippen LogP contribution in [0.5, 0.6) is 0 Å². The van der Waals surface area contributed by atoms with E-state index in [1.54, 1.807) is 0 Å². The molecule has 1 aliphatic rings. The van der Waals surface area contributed by atoms with Crippen LogP contribution in [0.1, 0.15) is 13.8 Å². The SMILES string of the molecule is CC1OCN(C)C1C. The molecule has 1 heterocycles. The van der Waals surface area contributed by atoms with E-state index in [9.17, 15) is 0 Å². The first-order valence-electron chi connectivity index (χ1n) is 3.03. The summed E-state index contributed by atoms with van der Waals surface area (Å²) in [4.78, 5) is 2.20. The molecular weight excluding hydrogens is 102 g/mol. The number of ether oxygens (including phenoxy) is 1. The Morgan fingerprint density at radius 3 is 2.25 bits per heavy atom. The van der Waals surface area contributed by atoms with Gasteiger partial charge in [0.25, 0.3) is 0 Å². The number of likely N-dealkylation sites (N-methyl/N-ethyl adjacent to an activating group) is 1. The molecule has 48 valence electrons. The van der Waals surface area contributed by atoms with Gasteiger partial charge in [-0.3, -0.25) is 4.90 Å². The second kappa shape index (κ2) is 2.03. The van der Waals surface area contributed by atoms with Crippen molar-refractivity contribution in [3.8, 4) is 0 Å². The summed E-state index contributed by atoms with van der Waals surface area (Å²) in [6, 6.07) is 0.593. The quantitative estimate of drug-likeness (QED) is 0.460. The molecule has 1 fully saturated rings. The Bertz CT molecular complexity index is 74.6. The van der Waals surface area contributed by atoms with Gasteiger partial charge in [0.2, 0.25) is 0 Å². The summed E-state index contributed by atoms with van der Waals surface area (Å²) in [5, 5.41) is 0. The maximum absolute atomic E-state index is 5.30. The van der Waals surface area contributed by atoms with Gasteiger partial charge in [-0.15, -0.1) is 0 Å². The van der Waals surface area contributed by atoms with Gasteiger partial charge in [-0.1, -0.05) is 0 Å². The van der Waals surface area contributed by atoms with Crippen LogP contribution in [0.3, 0.4) is 0 Å². The molecule has 1 saturated heterocycles. The van der Waals surface area contributed by atoms with Gasteiger partial charge in [0.1, 0.15) is 0 Å². The number of nitrogens with zero attached hydrogens (tertiary/aromatic N) is 1. The fraction of sp³-hybridized carbons (Fsp3) is 1.00. The average molecular weight is 115 g/mol. The number of hydrogen-bond acceptors (Lipinski definition) is 2. The van der Waals surface area contributed by atoms with Gasteiger partial charge in [0, 0.05) is 6.04 Å². The Kier molecular flexibility index (Phi) is 1.54. The third-order valence-electron chi connectivity index (χ3n) is 1.92. The molecule has 0 radical (unpaired) electrons. The molecule has 2 heteroatoms. The predicted octanol–water partition coefficient (Wildman–Crippen LogP) is 0.683. The van der Waals surface area contributed by atoms with Crippen LogP contribution in [-0.2, 0) is 4.74 Å². The first-order chi connectivity index (χ1) is 3.72. The summed E-state index contributed by atoms with van der Waals surface area (Å²) in [6.45, 7) is 5.08. The molecule has 0 saturated carbocycles. The minimum atomic E-state index is 0.417. The standard InChI is InChI=1S/C6H13NO/c1-5-6(2)8-4-7(5)3/h5-6H,4H2,1-3H3. The van der Waals surface area contributed by atoms with Crippen LogP contribution in [0.4, 0.5) is 0 Å². The van der Waals surface area contributed by atoms with Crippen molar-refractivity contribution in [2.45, 2.75) is 26.0 Å². The highest BCUT2D eigenvalue weighted by atomic mass is 16.5. The highest BCUT2D eigenvalue weighted by Gasteiger charge is 2.23. The van der Waals surface area contributed by atoms with Gasteiger partial charge in [-0.05, 0) is 20.9 Å². The Morgan fingerprint density at radius 1 is 1.50 bits per heavy atom. The van der Waals surface area contributed by atoms with Gasteiger partial charge in [0.05, 0.1) is 12.8 Å². The molecule has 2 unspecified atom stereocenters. The van der Waals surface area contributed by atoms with Gasteiger partial charge in [-0.25, -0.2) is 0 Å². The summed E-state index contributed by atoms with van der Waals surface area (Å²) >= 11 is 0. The number of hydrogen-bond donors (Lipinski definition) is 0. The smallest absolute Gasteiger partial charge is 0.0995 e. The molecule has 0 bridgehead atoms. The van der Waals surface area contributed by atoms with E-state index in [4.69, 9.17) is 4.74 Å². The molecular formula is C6H13NO. The average Bonchev–Trinajstić information content (AvgIpc) is 1.98. The van der Waals surface area contributed by atoms with Crippen molar-refractivity contribution >= 4 is 0 Å². The van der Waals surface area contributed by atoms with E-state index in [0.29, 0.717) is 12.1 Å². The van der Waals surface area contributed by atoms with Crippen LogP contribution >= 0.6 is 0 Å². The molecule has 0 aliphatic carbocycles. The van der Waals surface area contributed by atoms with Crippen LogP contribution in [0.15, 0.2) is 0 Å². The lowest BCUT2D eigenvalue weighted by Gasteiger charge is -2.13. The normalized spacial score (nSPS) is 40.9. The monoisotopic (exact) mass is 115 g/mol. The molecule has 0 aromatic rings. The zero-order valence-corrected chi connectivity index (χ0v) is 5.72. The summed E-state index contributed by atoms with van der Waals surface area (Å²) in [6.07, 6.45) is 0.417. The van der Waals surface area contributed by atoms with E-state index in [1.807, 2.05) is 0 Å². The minimum Gasteiger partial charge on any atom is -0.362 e. The van der Waals surface area contributed by atoms with Crippen molar-refractivity contribution in [3.05, 3.63) is 0 Å². The van der Waals surface area contributed by atoms with E-state index >= 15 is 0 Å². The van der Waals surface area contributed by atoms with E-state index in [-0.39, 0.29) is 0 Å². The Hall–Kier alpha value is -0.0800. The molecule has 2 nitrogen and oxygen atoms in total. The maximum Gasteiger partial charge on any atom is 0.0995 e. The van der Waals surface area contributed by atoms with Crippen LogP contribution in [0, 0.1) is 0 Å². The summed E-state index contributed by atoms with van der Waals surface area (Å²) in [5.41, 5.74) is 0. The first-order valence-corrected chi connectivity index (χ1v) is 3.03. The second-order valence-electron chi connectivity index (χ2n) is 2.50. The minimum absolute atomic E-state index is 0.417. The maximum atomic E-state index is 5.30. The fourth-order valence-corrected chi connectivity index (χ4v) is 0.850. The molecule has 1 rings (SSSR count). The van der Waals surface area contributed by atoms with Gasteiger partial charge >= 0.3 is 0 Å². The molecule has 2 atom stereocenters. The topological polar surface area (TPSA) is 12.5 Å². The predicted molar refractivity (Wildman–Crippen MR) is 32.6 cm³/mol. The number of rotatable bonds is 0. The van der Waals surface area contributed by atoms with Gasteiger partial charge in [0.15, 0.2) is 0 Å². The molecule has 0 aromatic heterocycles. The van der Waals surface area contributed by atoms with E-state index < -0.39 is 0 Å². The van der Waals surface area contributed by atoms with E-state index in [1.165, 1.54) is 0 Å². The van der Waals surface area contributed by atoms with Gasteiger partial charge < -0.3 is 4.74 Å². The van der Waals surface area contributed by atoms with Crippen LogP contribution < -0.4 is 0 Å². The van der Waals surface area contributed by atoms with E-state index in [2.05, 4.69) is 25.8 Å². The molecule has 8 heavy (non-hydrogen) atoms. The summed E-state index contributed by atoms with van der Waals surface area (Å²) in [5.74, 6) is 0. The summed E-state index contributed by atoms with van der Waals surface area (Å²) in [7, 11) is 2.08. The third-order valence-corrected chi connectivity index (χ3v) is 1.92. The van der Waals surface area contributed by atoms with Crippen LogP contribution in [0.2, 0.25) is 0 Å². The molecule has 0 N–H and O–H groups in total. The molecule has 0 spiro atoms. The van der Waals surface area contributed by atoms with Gasteiger partial charge in [-0.2, -0.15) is 0 Å². The lowest BCUT2D eigenvalue weighted by atomic mass is 10.2. The third kappa shape index (κ3) is 0.858. The second-order valence-corrected chi connectivity index (χ2v) is 2.50. The zero-order valence-electron chi connectivity index (χ0n) is 5.72. The molecule has 0 aromatic carbocycles. The molecule has 0 amide bonds. The van der Waals surface area contributed by atoms with E-state index in [0.717, 1.165) is 6.73 Å². The van der Waals surface area contributed by atoms with Crippen molar-refractivity contribution in [3.63, 3.8) is 0 Å². The first kappa shape index (κ1) is 6.05. The van der Waals surface area contributed by atoms with Crippen molar-refractivity contribution in [2.24, 2.45) is 0 Å². The van der Waals surface area contributed by atoms with Crippen molar-refractivity contribution in [2.75, 3.05) is 13.8 Å². The lowest BCUT2D eigenvalue weighted by molar-refractivity contribution is 0.104. The highest BCUT2D eigenvalue weighted by molar-refractivity contribution is 4.73. The van der Waals surface area contributed by atoms with Crippen molar-refractivity contribution < 1.29 is 4.74 Å². The Balaban J connectivity index is 2.44.